The summed E-state index contributed by atoms with van der Waals surface area (Å²) in [5, 5.41) is 0.426. The highest BCUT2D eigenvalue weighted by Crippen LogP contribution is 2.17. The third-order valence-corrected chi connectivity index (χ3v) is 4.34. The van der Waals surface area contributed by atoms with Crippen molar-refractivity contribution in [2.45, 2.75) is 33.7 Å². The van der Waals surface area contributed by atoms with Crippen LogP contribution in [0.25, 0.3) is 10.9 Å². The molecule has 0 saturated carbocycles. The molecule has 3 aromatic rings. The first kappa shape index (κ1) is 17.0. The Morgan fingerprint density at radius 1 is 1.00 bits per heavy atom. The van der Waals surface area contributed by atoms with Gasteiger partial charge in [0.1, 0.15) is 5.75 Å². The highest BCUT2D eigenvalue weighted by Gasteiger charge is 2.09. The topological polar surface area (TPSA) is 61.4 Å². The molecule has 130 valence electrons. The van der Waals surface area contributed by atoms with Gasteiger partial charge in [0.05, 0.1) is 17.5 Å². The second-order valence-corrected chi connectivity index (χ2v) is 6.28. The zero-order valence-corrected chi connectivity index (χ0v) is 14.7. The predicted octanol–water partition coefficient (Wildman–Crippen LogP) is 3.35. The van der Waals surface area contributed by atoms with E-state index in [0.29, 0.717) is 30.5 Å². The van der Waals surface area contributed by atoms with Crippen molar-refractivity contribution in [2.24, 2.45) is 0 Å². The van der Waals surface area contributed by atoms with Crippen molar-refractivity contribution in [1.29, 1.82) is 0 Å². The Kier molecular flexibility index (Phi) is 4.74. The summed E-state index contributed by atoms with van der Waals surface area (Å²) in [5.74, 6) is 0.183. The summed E-state index contributed by atoms with van der Waals surface area (Å²) in [4.78, 5) is 23.9. The molecule has 0 amide bonds. The number of ether oxygens (including phenoxy) is 1. The normalized spacial score (nSPS) is 11.0. The molecule has 0 aliphatic heterocycles. The van der Waals surface area contributed by atoms with Gasteiger partial charge >= 0.3 is 11.4 Å². The lowest BCUT2D eigenvalue weighted by atomic mass is 10.1. The Balaban J connectivity index is 1.74. The van der Waals surface area contributed by atoms with Crippen molar-refractivity contribution < 1.29 is 9.15 Å². The van der Waals surface area contributed by atoms with Crippen molar-refractivity contribution in [1.82, 2.24) is 4.57 Å². The van der Waals surface area contributed by atoms with E-state index < -0.39 is 11.4 Å². The first-order valence-corrected chi connectivity index (χ1v) is 8.30. The molecule has 5 nitrogen and oxygen atoms in total. The van der Waals surface area contributed by atoms with E-state index in [1.807, 2.05) is 38.1 Å². The fraction of sp³-hybridized carbons (Fsp3) is 0.300. The van der Waals surface area contributed by atoms with Gasteiger partial charge < -0.3 is 9.15 Å². The first-order chi connectivity index (χ1) is 12.0. The molecule has 0 N–H and O–H groups in total. The average molecular weight is 339 g/mol. The van der Waals surface area contributed by atoms with E-state index in [9.17, 15) is 9.59 Å². The molecule has 3 rings (SSSR count). The molecule has 5 heteroatoms. The molecule has 0 saturated heterocycles. The van der Waals surface area contributed by atoms with Crippen molar-refractivity contribution in [2.75, 3.05) is 6.61 Å². The van der Waals surface area contributed by atoms with Crippen LogP contribution in [0.15, 0.2) is 50.4 Å². The average Bonchev–Trinajstić information content (AvgIpc) is 2.57. The molecule has 25 heavy (non-hydrogen) atoms. The summed E-state index contributed by atoms with van der Waals surface area (Å²) in [6, 6.07) is 11.4. The molecule has 0 fully saturated rings. The lowest BCUT2D eigenvalue weighted by molar-refractivity contribution is 0.296. The highest BCUT2D eigenvalue weighted by atomic mass is 16.5. The van der Waals surface area contributed by atoms with Gasteiger partial charge in [-0.2, -0.15) is 0 Å². The Bertz CT molecular complexity index is 1030. The van der Waals surface area contributed by atoms with Gasteiger partial charge in [-0.15, -0.1) is 0 Å². The molecule has 0 bridgehead atoms. The van der Waals surface area contributed by atoms with E-state index in [-0.39, 0.29) is 0 Å². The summed E-state index contributed by atoms with van der Waals surface area (Å²) in [6.07, 6.45) is 0.629. The van der Waals surface area contributed by atoms with Crippen LogP contribution in [0.3, 0.4) is 0 Å². The standard InChI is InChI=1S/C20H21NO4/c1-13-5-8-18-17(11-13)19(22)25-20(23)21(18)9-4-10-24-16-7-6-14(2)15(3)12-16/h5-8,11-12H,4,9-10H2,1-3H3. The lowest BCUT2D eigenvalue weighted by Crippen LogP contribution is -2.25. The minimum Gasteiger partial charge on any atom is -0.494 e. The van der Waals surface area contributed by atoms with Crippen LogP contribution in [-0.4, -0.2) is 11.2 Å². The van der Waals surface area contributed by atoms with Gasteiger partial charge in [-0.25, -0.2) is 9.59 Å². The van der Waals surface area contributed by atoms with E-state index in [1.54, 1.807) is 12.1 Å². The number of aryl methyl sites for hydroxylation is 4. The highest BCUT2D eigenvalue weighted by molar-refractivity contribution is 5.78. The zero-order valence-electron chi connectivity index (χ0n) is 14.7. The van der Waals surface area contributed by atoms with Crippen LogP contribution in [0, 0.1) is 20.8 Å². The number of nitrogens with zero attached hydrogens (tertiary/aromatic N) is 1. The largest absolute Gasteiger partial charge is 0.494 e. The maximum absolute atomic E-state index is 12.0. The fourth-order valence-corrected chi connectivity index (χ4v) is 2.76. The second kappa shape index (κ2) is 6.97. The van der Waals surface area contributed by atoms with Crippen LogP contribution in [0.5, 0.6) is 5.75 Å². The van der Waals surface area contributed by atoms with E-state index in [4.69, 9.17) is 9.15 Å². The third-order valence-electron chi connectivity index (χ3n) is 4.34. The van der Waals surface area contributed by atoms with Gasteiger partial charge in [0.25, 0.3) is 0 Å². The molecule has 0 atom stereocenters. The van der Waals surface area contributed by atoms with Gasteiger partial charge in [-0.05, 0) is 62.6 Å². The lowest BCUT2D eigenvalue weighted by Gasteiger charge is -2.11. The van der Waals surface area contributed by atoms with Crippen LogP contribution in [-0.2, 0) is 6.54 Å². The SMILES string of the molecule is Cc1ccc2c(c1)c(=O)oc(=O)n2CCCOc1ccc(C)c(C)c1. The molecule has 0 unspecified atom stereocenters. The summed E-state index contributed by atoms with van der Waals surface area (Å²) < 4.78 is 12.1. The third kappa shape index (κ3) is 3.65. The maximum atomic E-state index is 12.0. The van der Waals surface area contributed by atoms with Gasteiger partial charge in [0.2, 0.25) is 0 Å². The number of fused-ring (bicyclic) bond motifs is 1. The van der Waals surface area contributed by atoms with E-state index in [0.717, 1.165) is 11.3 Å². The summed E-state index contributed by atoms with van der Waals surface area (Å²) in [5.41, 5.74) is 3.35. The van der Waals surface area contributed by atoms with E-state index >= 15 is 0 Å². The van der Waals surface area contributed by atoms with Gasteiger partial charge in [0.15, 0.2) is 0 Å². The number of rotatable bonds is 5. The number of hydrogen-bond acceptors (Lipinski definition) is 4. The molecule has 0 aliphatic carbocycles. The second-order valence-electron chi connectivity index (χ2n) is 6.28. The number of aromatic nitrogens is 1. The van der Waals surface area contributed by atoms with Gasteiger partial charge in [-0.3, -0.25) is 4.57 Å². The molecular formula is C20H21NO4. The molecule has 1 aromatic heterocycles. The van der Waals surface area contributed by atoms with Crippen LogP contribution in [0.4, 0.5) is 0 Å². The van der Waals surface area contributed by atoms with Gasteiger partial charge in [-0.1, -0.05) is 17.7 Å². The minimum atomic E-state index is -0.632. The number of benzene rings is 2. The van der Waals surface area contributed by atoms with Crippen LogP contribution in [0.1, 0.15) is 23.1 Å². The van der Waals surface area contributed by atoms with Crippen molar-refractivity contribution in [3.05, 3.63) is 74.1 Å². The molecule has 0 spiro atoms. The number of hydrogen-bond donors (Lipinski definition) is 0. The Hall–Kier alpha value is -2.82. The predicted molar refractivity (Wildman–Crippen MR) is 97.5 cm³/mol. The monoisotopic (exact) mass is 339 g/mol. The Morgan fingerprint density at radius 3 is 2.56 bits per heavy atom. The molecule has 2 aromatic carbocycles. The van der Waals surface area contributed by atoms with Crippen LogP contribution in [0.2, 0.25) is 0 Å². The van der Waals surface area contributed by atoms with E-state index in [1.165, 1.54) is 15.7 Å². The quantitative estimate of drug-likeness (QED) is 0.669. The molecular weight excluding hydrogens is 318 g/mol. The van der Waals surface area contributed by atoms with Crippen molar-refractivity contribution in [3.8, 4) is 5.75 Å². The van der Waals surface area contributed by atoms with Crippen molar-refractivity contribution in [3.63, 3.8) is 0 Å². The maximum Gasteiger partial charge on any atom is 0.422 e. The first-order valence-electron chi connectivity index (χ1n) is 8.30. The van der Waals surface area contributed by atoms with Crippen LogP contribution < -0.4 is 16.1 Å². The van der Waals surface area contributed by atoms with Crippen LogP contribution >= 0.6 is 0 Å². The van der Waals surface area contributed by atoms with E-state index in [2.05, 4.69) is 6.92 Å². The van der Waals surface area contributed by atoms with Crippen molar-refractivity contribution >= 4 is 10.9 Å². The molecule has 1 heterocycles. The smallest absolute Gasteiger partial charge is 0.422 e. The summed E-state index contributed by atoms with van der Waals surface area (Å²) in [6.45, 7) is 6.89. The minimum absolute atomic E-state index is 0.424. The fourth-order valence-electron chi connectivity index (χ4n) is 2.76. The Labute approximate surface area is 145 Å². The molecule has 0 radical (unpaired) electrons. The zero-order chi connectivity index (χ0) is 18.0. The van der Waals surface area contributed by atoms with Gasteiger partial charge in [0, 0.05) is 6.54 Å². The summed E-state index contributed by atoms with van der Waals surface area (Å²) in [7, 11) is 0. The Morgan fingerprint density at radius 2 is 1.80 bits per heavy atom. The summed E-state index contributed by atoms with van der Waals surface area (Å²) >= 11 is 0. The molecule has 0 aliphatic rings.